The lowest BCUT2D eigenvalue weighted by Gasteiger charge is -2.14. The molecule has 0 heterocycles. The van der Waals surface area contributed by atoms with Gasteiger partial charge in [-0.25, -0.2) is 4.39 Å². The van der Waals surface area contributed by atoms with Crippen LogP contribution in [-0.2, 0) is 6.54 Å². The Bertz CT molecular complexity index is 956. The summed E-state index contributed by atoms with van der Waals surface area (Å²) in [6.45, 7) is 2.19. The lowest BCUT2D eigenvalue weighted by atomic mass is 10.1. The summed E-state index contributed by atoms with van der Waals surface area (Å²) in [5.74, 6) is -0.863. The predicted molar refractivity (Wildman–Crippen MR) is 106 cm³/mol. The number of hydrogen-bond donors (Lipinski definition) is 2. The first-order chi connectivity index (χ1) is 13.5. The second-order valence-corrected chi connectivity index (χ2v) is 6.50. The van der Waals surface area contributed by atoms with Gasteiger partial charge in [-0.1, -0.05) is 48.5 Å². The Hall–Kier alpha value is -3.47. The van der Waals surface area contributed by atoms with Crippen molar-refractivity contribution in [3.05, 3.63) is 107 Å². The van der Waals surface area contributed by atoms with Crippen molar-refractivity contribution >= 4 is 11.8 Å². The third-order valence-corrected chi connectivity index (χ3v) is 4.40. The highest BCUT2D eigenvalue weighted by molar-refractivity contribution is 5.99. The van der Waals surface area contributed by atoms with Gasteiger partial charge in [0.15, 0.2) is 0 Å². The van der Waals surface area contributed by atoms with E-state index in [1.165, 1.54) is 12.1 Å². The maximum atomic E-state index is 12.9. The van der Waals surface area contributed by atoms with Crippen molar-refractivity contribution in [3.63, 3.8) is 0 Å². The Balaban J connectivity index is 1.63. The molecule has 142 valence electrons. The van der Waals surface area contributed by atoms with E-state index in [0.29, 0.717) is 11.1 Å². The van der Waals surface area contributed by atoms with Gasteiger partial charge in [-0.3, -0.25) is 9.59 Å². The van der Waals surface area contributed by atoms with Gasteiger partial charge in [-0.15, -0.1) is 0 Å². The number of halogens is 1. The highest BCUT2D eigenvalue weighted by Crippen LogP contribution is 2.13. The minimum atomic E-state index is -0.321. The molecule has 0 aliphatic heterocycles. The number of rotatable bonds is 6. The molecule has 3 aromatic carbocycles. The van der Waals surface area contributed by atoms with Gasteiger partial charge in [0.1, 0.15) is 5.82 Å². The normalized spacial score (nSPS) is 11.5. The zero-order chi connectivity index (χ0) is 19.9. The van der Waals surface area contributed by atoms with Crippen LogP contribution in [0, 0.1) is 5.82 Å². The molecular weight excluding hydrogens is 355 g/mol. The molecule has 0 aromatic heterocycles. The third-order valence-electron chi connectivity index (χ3n) is 4.40. The molecular formula is C23H21FN2O2. The quantitative estimate of drug-likeness (QED) is 0.676. The lowest BCUT2D eigenvalue weighted by molar-refractivity contribution is 0.0940. The van der Waals surface area contributed by atoms with Gasteiger partial charge in [0.2, 0.25) is 0 Å². The zero-order valence-electron chi connectivity index (χ0n) is 15.5. The predicted octanol–water partition coefficient (Wildman–Crippen LogP) is 4.25. The molecule has 1 unspecified atom stereocenters. The van der Waals surface area contributed by atoms with Crippen LogP contribution in [0.1, 0.15) is 44.8 Å². The van der Waals surface area contributed by atoms with Crippen LogP contribution < -0.4 is 10.6 Å². The molecule has 0 bridgehead atoms. The van der Waals surface area contributed by atoms with Crippen molar-refractivity contribution in [3.8, 4) is 0 Å². The van der Waals surface area contributed by atoms with E-state index in [1.54, 1.807) is 36.4 Å². The molecule has 0 aliphatic carbocycles. The fraction of sp³-hybridized carbons (Fsp3) is 0.130. The van der Waals surface area contributed by atoms with Gasteiger partial charge in [-0.05, 0) is 48.4 Å². The summed E-state index contributed by atoms with van der Waals surface area (Å²) in [5, 5.41) is 5.71. The van der Waals surface area contributed by atoms with Crippen LogP contribution in [0.4, 0.5) is 4.39 Å². The lowest BCUT2D eigenvalue weighted by Crippen LogP contribution is -2.27. The summed E-state index contributed by atoms with van der Waals surface area (Å²) in [7, 11) is 0. The van der Waals surface area contributed by atoms with Crippen LogP contribution in [-0.4, -0.2) is 11.8 Å². The fourth-order valence-electron chi connectivity index (χ4n) is 2.79. The largest absolute Gasteiger partial charge is 0.348 e. The molecule has 0 saturated carbocycles. The maximum absolute atomic E-state index is 12.9. The Labute approximate surface area is 163 Å². The van der Waals surface area contributed by atoms with Crippen LogP contribution in [0.25, 0.3) is 0 Å². The summed E-state index contributed by atoms with van der Waals surface area (Å²) in [4.78, 5) is 24.9. The summed E-state index contributed by atoms with van der Waals surface area (Å²) < 4.78 is 12.9. The van der Waals surface area contributed by atoms with Crippen molar-refractivity contribution in [1.82, 2.24) is 10.6 Å². The van der Waals surface area contributed by atoms with Gasteiger partial charge >= 0.3 is 0 Å². The third kappa shape index (κ3) is 5.04. The van der Waals surface area contributed by atoms with Crippen molar-refractivity contribution in [1.29, 1.82) is 0 Å². The van der Waals surface area contributed by atoms with Crippen molar-refractivity contribution in [2.45, 2.75) is 19.5 Å². The molecule has 0 fully saturated rings. The Morgan fingerprint density at radius 2 is 1.50 bits per heavy atom. The maximum Gasteiger partial charge on any atom is 0.251 e. The summed E-state index contributed by atoms with van der Waals surface area (Å²) in [6.07, 6.45) is 0. The van der Waals surface area contributed by atoms with E-state index in [4.69, 9.17) is 0 Å². The molecule has 0 spiro atoms. The number of nitrogens with one attached hydrogen (secondary N) is 2. The molecule has 2 amide bonds. The average Bonchev–Trinajstić information content (AvgIpc) is 2.73. The topological polar surface area (TPSA) is 58.2 Å². The van der Waals surface area contributed by atoms with Crippen LogP contribution in [0.2, 0.25) is 0 Å². The summed E-state index contributed by atoms with van der Waals surface area (Å²) >= 11 is 0. The molecule has 1 atom stereocenters. The highest BCUT2D eigenvalue weighted by Gasteiger charge is 2.13. The molecule has 0 radical (unpaired) electrons. The van der Waals surface area contributed by atoms with Gasteiger partial charge in [0.25, 0.3) is 11.8 Å². The first kappa shape index (κ1) is 19.3. The Morgan fingerprint density at radius 3 is 2.18 bits per heavy atom. The first-order valence-electron chi connectivity index (χ1n) is 9.01. The van der Waals surface area contributed by atoms with Gasteiger partial charge in [0.05, 0.1) is 6.04 Å². The number of carbonyl (C=O) groups is 2. The second-order valence-electron chi connectivity index (χ2n) is 6.50. The molecule has 0 aliphatic rings. The van der Waals surface area contributed by atoms with Crippen molar-refractivity contribution in [2.75, 3.05) is 0 Å². The number of hydrogen-bond acceptors (Lipinski definition) is 2. The molecule has 5 heteroatoms. The minimum absolute atomic E-state index is 0.148. The smallest absolute Gasteiger partial charge is 0.251 e. The Morgan fingerprint density at radius 1 is 0.857 bits per heavy atom. The fourth-order valence-corrected chi connectivity index (χ4v) is 2.79. The van der Waals surface area contributed by atoms with E-state index in [2.05, 4.69) is 10.6 Å². The highest BCUT2D eigenvalue weighted by atomic mass is 19.1. The summed E-state index contributed by atoms with van der Waals surface area (Å²) in [6, 6.07) is 22.0. The Kier molecular flexibility index (Phi) is 6.17. The SMILES string of the molecule is CC(NC(=O)c1cccc(C(=O)NCc2ccc(F)cc2)c1)c1ccccc1. The van der Waals surface area contributed by atoms with E-state index in [0.717, 1.165) is 11.1 Å². The van der Waals surface area contributed by atoms with Crippen LogP contribution in [0.3, 0.4) is 0 Å². The van der Waals surface area contributed by atoms with Crippen molar-refractivity contribution in [2.24, 2.45) is 0 Å². The van der Waals surface area contributed by atoms with E-state index in [1.807, 2.05) is 37.3 Å². The summed E-state index contributed by atoms with van der Waals surface area (Å²) in [5.41, 5.74) is 2.60. The van der Waals surface area contributed by atoms with Crippen LogP contribution in [0.15, 0.2) is 78.9 Å². The molecule has 2 N–H and O–H groups in total. The first-order valence-corrected chi connectivity index (χ1v) is 9.01. The van der Waals surface area contributed by atoms with E-state index >= 15 is 0 Å². The average molecular weight is 376 g/mol. The van der Waals surface area contributed by atoms with Crippen LogP contribution >= 0.6 is 0 Å². The molecule has 0 saturated heterocycles. The molecule has 4 nitrogen and oxygen atoms in total. The second kappa shape index (κ2) is 8.95. The monoisotopic (exact) mass is 376 g/mol. The van der Waals surface area contributed by atoms with E-state index < -0.39 is 0 Å². The van der Waals surface area contributed by atoms with Gasteiger partial charge in [-0.2, -0.15) is 0 Å². The molecule has 3 aromatic rings. The standard InChI is InChI=1S/C23H21FN2O2/c1-16(18-6-3-2-4-7-18)26-23(28)20-9-5-8-19(14-20)22(27)25-15-17-10-12-21(24)13-11-17/h2-14,16H,15H2,1H3,(H,25,27)(H,26,28). The number of amides is 2. The minimum Gasteiger partial charge on any atom is -0.348 e. The zero-order valence-corrected chi connectivity index (χ0v) is 15.5. The number of carbonyl (C=O) groups excluding carboxylic acids is 2. The molecule has 28 heavy (non-hydrogen) atoms. The van der Waals surface area contributed by atoms with Crippen molar-refractivity contribution < 1.29 is 14.0 Å². The van der Waals surface area contributed by atoms with Gasteiger partial charge < -0.3 is 10.6 Å². The van der Waals surface area contributed by atoms with E-state index in [9.17, 15) is 14.0 Å². The van der Waals surface area contributed by atoms with E-state index in [-0.39, 0.29) is 30.2 Å². The number of benzene rings is 3. The van der Waals surface area contributed by atoms with Gasteiger partial charge in [0, 0.05) is 17.7 Å². The van der Waals surface area contributed by atoms with Crippen LogP contribution in [0.5, 0.6) is 0 Å². The molecule has 3 rings (SSSR count).